The summed E-state index contributed by atoms with van der Waals surface area (Å²) < 4.78 is 45.8. The van der Waals surface area contributed by atoms with Crippen molar-refractivity contribution in [1.82, 2.24) is 4.72 Å². The fraction of sp³-hybridized carbons (Fsp3) is 0.250. The molecule has 0 saturated carbocycles. The molecule has 0 aromatic heterocycles. The molecule has 2 aromatic rings. The Morgan fingerprint density at radius 2 is 1.87 bits per heavy atom. The molecule has 7 heteroatoms. The first-order chi connectivity index (χ1) is 10.8. The van der Waals surface area contributed by atoms with Gasteiger partial charge in [-0.3, -0.25) is 0 Å². The van der Waals surface area contributed by atoms with Crippen molar-refractivity contribution in [2.45, 2.75) is 18.7 Å². The number of benzene rings is 2. The van der Waals surface area contributed by atoms with E-state index >= 15 is 0 Å². The SMILES string of the molecule is COc1ccc([C@H](C)NS(=O)(=O)Cc2c(F)cccc2Cl)cc1. The van der Waals surface area contributed by atoms with Crippen LogP contribution in [0, 0.1) is 5.82 Å². The van der Waals surface area contributed by atoms with E-state index in [2.05, 4.69) is 4.72 Å². The number of ether oxygens (including phenoxy) is 1. The molecular weight excluding hydrogens is 341 g/mol. The zero-order chi connectivity index (χ0) is 17.0. The summed E-state index contributed by atoms with van der Waals surface area (Å²) in [6, 6.07) is 10.6. The van der Waals surface area contributed by atoms with Gasteiger partial charge in [-0.15, -0.1) is 0 Å². The molecule has 0 spiro atoms. The molecule has 1 N–H and O–H groups in total. The molecule has 0 radical (unpaired) electrons. The molecule has 0 aliphatic heterocycles. The second-order valence-electron chi connectivity index (χ2n) is 5.07. The van der Waals surface area contributed by atoms with Crippen LogP contribution in [0.3, 0.4) is 0 Å². The maximum atomic E-state index is 13.7. The minimum atomic E-state index is -3.75. The van der Waals surface area contributed by atoms with Gasteiger partial charge in [-0.25, -0.2) is 17.5 Å². The fourth-order valence-electron chi connectivity index (χ4n) is 2.13. The average molecular weight is 358 g/mol. The van der Waals surface area contributed by atoms with Gasteiger partial charge >= 0.3 is 0 Å². The zero-order valence-corrected chi connectivity index (χ0v) is 14.3. The number of halogens is 2. The Labute approximate surface area is 140 Å². The molecule has 0 aliphatic rings. The number of methoxy groups -OCH3 is 1. The molecule has 0 amide bonds. The van der Waals surface area contributed by atoms with Gasteiger partial charge in [0, 0.05) is 16.6 Å². The minimum Gasteiger partial charge on any atom is -0.497 e. The highest BCUT2D eigenvalue weighted by Gasteiger charge is 2.20. The zero-order valence-electron chi connectivity index (χ0n) is 12.7. The molecule has 0 unspecified atom stereocenters. The lowest BCUT2D eigenvalue weighted by Gasteiger charge is -2.15. The lowest BCUT2D eigenvalue weighted by Crippen LogP contribution is -2.28. The molecule has 0 bridgehead atoms. The average Bonchev–Trinajstić information content (AvgIpc) is 2.51. The molecule has 0 heterocycles. The molecule has 0 fully saturated rings. The van der Waals surface area contributed by atoms with Crippen LogP contribution < -0.4 is 9.46 Å². The van der Waals surface area contributed by atoms with E-state index in [0.717, 1.165) is 5.56 Å². The highest BCUT2D eigenvalue weighted by atomic mass is 35.5. The van der Waals surface area contributed by atoms with E-state index in [1.807, 2.05) is 0 Å². The summed E-state index contributed by atoms with van der Waals surface area (Å²) >= 11 is 5.88. The Morgan fingerprint density at radius 3 is 2.43 bits per heavy atom. The van der Waals surface area contributed by atoms with Gasteiger partial charge in [-0.1, -0.05) is 29.8 Å². The predicted molar refractivity (Wildman–Crippen MR) is 88.6 cm³/mol. The van der Waals surface area contributed by atoms with Crippen LogP contribution in [0.15, 0.2) is 42.5 Å². The Bertz CT molecular complexity index is 758. The summed E-state index contributed by atoms with van der Waals surface area (Å²) in [5, 5.41) is 0.0903. The van der Waals surface area contributed by atoms with Gasteiger partial charge < -0.3 is 4.74 Å². The summed E-state index contributed by atoms with van der Waals surface area (Å²) in [7, 11) is -2.19. The third-order valence-corrected chi connectivity index (χ3v) is 5.10. The maximum absolute atomic E-state index is 13.7. The predicted octanol–water partition coefficient (Wildman–Crippen LogP) is 3.67. The number of hydrogen-bond donors (Lipinski definition) is 1. The van der Waals surface area contributed by atoms with Crippen LogP contribution in [0.2, 0.25) is 5.02 Å². The molecule has 0 saturated heterocycles. The number of hydrogen-bond acceptors (Lipinski definition) is 3. The van der Waals surface area contributed by atoms with Crippen LogP contribution in [0.25, 0.3) is 0 Å². The third-order valence-electron chi connectivity index (χ3n) is 3.37. The van der Waals surface area contributed by atoms with Gasteiger partial charge in [0.1, 0.15) is 11.6 Å². The fourth-order valence-corrected chi connectivity index (χ4v) is 3.87. The Kier molecular flexibility index (Phi) is 5.62. The van der Waals surface area contributed by atoms with Crippen molar-refractivity contribution in [3.63, 3.8) is 0 Å². The van der Waals surface area contributed by atoms with Crippen LogP contribution in [0.5, 0.6) is 5.75 Å². The Hall–Kier alpha value is -1.63. The van der Waals surface area contributed by atoms with E-state index in [0.29, 0.717) is 5.75 Å². The molecular formula is C16H17ClFNO3S. The van der Waals surface area contributed by atoms with Crippen LogP contribution in [-0.2, 0) is 15.8 Å². The maximum Gasteiger partial charge on any atom is 0.216 e. The van der Waals surface area contributed by atoms with Gasteiger partial charge in [0.25, 0.3) is 0 Å². The molecule has 124 valence electrons. The van der Waals surface area contributed by atoms with Crippen LogP contribution in [0.4, 0.5) is 4.39 Å². The van der Waals surface area contributed by atoms with E-state index in [1.165, 1.54) is 18.2 Å². The third kappa shape index (κ3) is 4.67. The van der Waals surface area contributed by atoms with Gasteiger partial charge in [0.15, 0.2) is 0 Å². The van der Waals surface area contributed by atoms with Crippen molar-refractivity contribution in [2.75, 3.05) is 7.11 Å². The van der Waals surface area contributed by atoms with Crippen molar-refractivity contribution in [3.05, 3.63) is 64.4 Å². The van der Waals surface area contributed by atoms with Gasteiger partial charge in [0.2, 0.25) is 10.0 Å². The second kappa shape index (κ2) is 7.29. The monoisotopic (exact) mass is 357 g/mol. The first kappa shape index (κ1) is 17.7. The molecule has 2 aromatic carbocycles. The molecule has 23 heavy (non-hydrogen) atoms. The summed E-state index contributed by atoms with van der Waals surface area (Å²) in [5.74, 6) is -0.471. The van der Waals surface area contributed by atoms with E-state index in [1.54, 1.807) is 38.3 Å². The lowest BCUT2D eigenvalue weighted by atomic mass is 10.1. The van der Waals surface area contributed by atoms with E-state index in [9.17, 15) is 12.8 Å². The van der Waals surface area contributed by atoms with Crippen molar-refractivity contribution in [3.8, 4) is 5.75 Å². The van der Waals surface area contributed by atoms with E-state index in [4.69, 9.17) is 16.3 Å². The lowest BCUT2D eigenvalue weighted by molar-refractivity contribution is 0.414. The van der Waals surface area contributed by atoms with Crippen molar-refractivity contribution in [2.24, 2.45) is 0 Å². The largest absolute Gasteiger partial charge is 0.497 e. The quantitative estimate of drug-likeness (QED) is 0.858. The van der Waals surface area contributed by atoms with E-state index in [-0.39, 0.29) is 10.6 Å². The summed E-state index contributed by atoms with van der Waals surface area (Å²) in [4.78, 5) is 0. The standard InChI is InChI=1S/C16H17ClFNO3S/c1-11(12-6-8-13(22-2)9-7-12)19-23(20,21)10-14-15(17)4-3-5-16(14)18/h3-9,11,19H,10H2,1-2H3/t11-/m0/s1. The molecule has 0 aliphatic carbocycles. The minimum absolute atomic E-state index is 0.0383. The first-order valence-electron chi connectivity index (χ1n) is 6.89. The summed E-state index contributed by atoms with van der Waals surface area (Å²) in [6.07, 6.45) is 0. The van der Waals surface area contributed by atoms with Crippen LogP contribution >= 0.6 is 11.6 Å². The number of rotatable bonds is 6. The number of sulfonamides is 1. The van der Waals surface area contributed by atoms with Gasteiger partial charge in [0.05, 0.1) is 12.9 Å². The normalized spacial score (nSPS) is 12.9. The van der Waals surface area contributed by atoms with Crippen molar-refractivity contribution in [1.29, 1.82) is 0 Å². The molecule has 2 rings (SSSR count). The van der Waals surface area contributed by atoms with Crippen molar-refractivity contribution < 1.29 is 17.5 Å². The molecule has 1 atom stereocenters. The van der Waals surface area contributed by atoms with Gasteiger partial charge in [-0.2, -0.15) is 0 Å². The highest BCUT2D eigenvalue weighted by Crippen LogP contribution is 2.23. The van der Waals surface area contributed by atoms with Crippen LogP contribution in [0.1, 0.15) is 24.1 Å². The second-order valence-corrected chi connectivity index (χ2v) is 7.23. The summed E-state index contributed by atoms with van der Waals surface area (Å²) in [6.45, 7) is 1.71. The number of nitrogens with one attached hydrogen (secondary N) is 1. The Morgan fingerprint density at radius 1 is 1.22 bits per heavy atom. The first-order valence-corrected chi connectivity index (χ1v) is 8.92. The molecule has 4 nitrogen and oxygen atoms in total. The van der Waals surface area contributed by atoms with Crippen molar-refractivity contribution >= 4 is 21.6 Å². The van der Waals surface area contributed by atoms with Gasteiger partial charge in [-0.05, 0) is 36.8 Å². The highest BCUT2D eigenvalue weighted by molar-refractivity contribution is 7.88. The topological polar surface area (TPSA) is 55.4 Å². The smallest absolute Gasteiger partial charge is 0.216 e. The van der Waals surface area contributed by atoms with E-state index < -0.39 is 27.6 Å². The van der Waals surface area contributed by atoms with Crippen LogP contribution in [-0.4, -0.2) is 15.5 Å². The summed E-state index contributed by atoms with van der Waals surface area (Å²) in [5.41, 5.74) is 0.734. The Balaban J connectivity index is 2.13.